The average molecular weight is 202 g/mol. The number of rotatable bonds is 5. The van der Waals surface area contributed by atoms with Crippen molar-refractivity contribution in [1.29, 1.82) is 0 Å². The molecular weight excluding hydrogens is 188 g/mol. The first-order valence-electron chi connectivity index (χ1n) is 4.24. The summed E-state index contributed by atoms with van der Waals surface area (Å²) in [5, 5.41) is 0. The minimum atomic E-state index is -0.704. The largest absolute Gasteiger partial charge is 0.508 e. The lowest BCUT2D eigenvalue weighted by atomic mass is 10.5. The molecule has 5 heteroatoms. The van der Waals surface area contributed by atoms with Crippen LogP contribution in [-0.4, -0.2) is 31.9 Å². The van der Waals surface area contributed by atoms with Crippen molar-refractivity contribution in [3.05, 3.63) is 12.2 Å². The zero-order valence-electron chi connectivity index (χ0n) is 8.32. The molecule has 14 heavy (non-hydrogen) atoms. The highest BCUT2D eigenvalue weighted by Gasteiger charge is 1.97. The van der Waals surface area contributed by atoms with Crippen LogP contribution in [0.2, 0.25) is 0 Å². The molecule has 0 saturated heterocycles. The second kappa shape index (κ2) is 8.10. The van der Waals surface area contributed by atoms with Crippen LogP contribution in [0.5, 0.6) is 0 Å². The topological polar surface area (TPSA) is 61.8 Å². The molecule has 0 aliphatic heterocycles. The Hall–Kier alpha value is -1.52. The van der Waals surface area contributed by atoms with Crippen LogP contribution in [0.15, 0.2) is 12.2 Å². The molecule has 80 valence electrons. The van der Waals surface area contributed by atoms with Gasteiger partial charge in [-0.3, -0.25) is 4.79 Å². The molecule has 0 spiro atoms. The van der Waals surface area contributed by atoms with Crippen LogP contribution >= 0.6 is 0 Å². The highest BCUT2D eigenvalue weighted by Crippen LogP contribution is 1.86. The molecule has 0 heterocycles. The lowest BCUT2D eigenvalue weighted by Crippen LogP contribution is -2.06. The molecule has 0 aromatic carbocycles. The highest BCUT2D eigenvalue weighted by molar-refractivity contribution is 5.66. The van der Waals surface area contributed by atoms with Crippen molar-refractivity contribution in [3.8, 4) is 0 Å². The van der Waals surface area contributed by atoms with E-state index in [9.17, 15) is 9.59 Å². The van der Waals surface area contributed by atoms with Crippen LogP contribution in [0.25, 0.3) is 0 Å². The molecule has 0 aromatic rings. The van der Waals surface area contributed by atoms with Gasteiger partial charge in [-0.25, -0.2) is 4.79 Å². The highest BCUT2D eigenvalue weighted by atomic mass is 16.7. The van der Waals surface area contributed by atoms with Crippen molar-refractivity contribution in [2.75, 3.05) is 19.8 Å². The van der Waals surface area contributed by atoms with Crippen LogP contribution in [0.3, 0.4) is 0 Å². The fraction of sp³-hybridized carbons (Fsp3) is 0.556. The first-order valence-corrected chi connectivity index (χ1v) is 4.24. The van der Waals surface area contributed by atoms with Gasteiger partial charge in [0.2, 0.25) is 0 Å². The molecule has 0 aliphatic rings. The Labute approximate surface area is 82.6 Å². The van der Waals surface area contributed by atoms with Crippen molar-refractivity contribution >= 4 is 12.1 Å². The maximum atomic E-state index is 10.6. The number of carbonyl (C=O) groups excluding carboxylic acids is 2. The predicted molar refractivity (Wildman–Crippen MR) is 48.7 cm³/mol. The zero-order chi connectivity index (χ0) is 10.8. The van der Waals surface area contributed by atoms with E-state index in [1.54, 1.807) is 19.1 Å². The van der Waals surface area contributed by atoms with Gasteiger partial charge in [-0.2, -0.15) is 0 Å². The van der Waals surface area contributed by atoms with Gasteiger partial charge in [0, 0.05) is 6.92 Å². The summed E-state index contributed by atoms with van der Waals surface area (Å²) in [6.07, 6.45) is 2.45. The van der Waals surface area contributed by atoms with Gasteiger partial charge in [0.15, 0.2) is 0 Å². The first kappa shape index (κ1) is 12.5. The molecule has 0 amide bonds. The van der Waals surface area contributed by atoms with Crippen LogP contribution in [0, 0.1) is 0 Å². The minimum absolute atomic E-state index is 0.111. The van der Waals surface area contributed by atoms with Crippen molar-refractivity contribution in [2.45, 2.75) is 13.8 Å². The van der Waals surface area contributed by atoms with Gasteiger partial charge >= 0.3 is 12.1 Å². The van der Waals surface area contributed by atoms with Gasteiger partial charge < -0.3 is 14.2 Å². The maximum Gasteiger partial charge on any atom is 0.508 e. The molecule has 0 aliphatic carbocycles. The summed E-state index contributed by atoms with van der Waals surface area (Å²) in [5.74, 6) is -0.346. The molecular formula is C9H14O5. The summed E-state index contributed by atoms with van der Waals surface area (Å²) in [6, 6.07) is 0. The summed E-state index contributed by atoms with van der Waals surface area (Å²) in [6.45, 7) is 3.60. The van der Waals surface area contributed by atoms with Gasteiger partial charge in [-0.1, -0.05) is 0 Å². The first-order chi connectivity index (χ1) is 6.66. The van der Waals surface area contributed by atoms with Crippen molar-refractivity contribution in [1.82, 2.24) is 0 Å². The third-order valence-corrected chi connectivity index (χ3v) is 1.11. The Morgan fingerprint density at radius 1 is 1.07 bits per heavy atom. The minimum Gasteiger partial charge on any atom is -0.462 e. The monoisotopic (exact) mass is 202 g/mol. The van der Waals surface area contributed by atoms with Gasteiger partial charge in [-0.05, 0) is 19.1 Å². The molecule has 0 bridgehead atoms. The quantitative estimate of drug-likeness (QED) is 0.496. The Bertz CT molecular complexity index is 209. The van der Waals surface area contributed by atoms with Crippen molar-refractivity contribution in [3.63, 3.8) is 0 Å². The van der Waals surface area contributed by atoms with Crippen molar-refractivity contribution in [2.24, 2.45) is 0 Å². The second-order valence-corrected chi connectivity index (χ2v) is 2.27. The average Bonchev–Trinajstić information content (AvgIpc) is 2.11. The lowest BCUT2D eigenvalue weighted by molar-refractivity contribution is -0.139. The van der Waals surface area contributed by atoms with Gasteiger partial charge in [0.25, 0.3) is 0 Å². The molecule has 0 unspecified atom stereocenters. The number of carbonyl (C=O) groups is 2. The van der Waals surface area contributed by atoms with E-state index in [2.05, 4.69) is 14.2 Å². The van der Waals surface area contributed by atoms with E-state index < -0.39 is 6.16 Å². The Kier molecular flexibility index (Phi) is 7.22. The van der Waals surface area contributed by atoms with Gasteiger partial charge in [-0.15, -0.1) is 0 Å². The molecule has 0 aromatic heterocycles. The Morgan fingerprint density at radius 3 is 2.14 bits per heavy atom. The molecule has 5 nitrogen and oxygen atoms in total. The Balaban J connectivity index is 3.35. The summed E-state index contributed by atoms with van der Waals surface area (Å²) < 4.78 is 13.7. The maximum absolute atomic E-state index is 10.6. The van der Waals surface area contributed by atoms with Crippen LogP contribution in [0.1, 0.15) is 13.8 Å². The number of ether oxygens (including phenoxy) is 3. The second-order valence-electron chi connectivity index (χ2n) is 2.27. The van der Waals surface area contributed by atoms with Crippen LogP contribution in [-0.2, 0) is 19.0 Å². The van der Waals surface area contributed by atoms with E-state index >= 15 is 0 Å². The van der Waals surface area contributed by atoms with Gasteiger partial charge in [0.05, 0.1) is 6.61 Å². The van der Waals surface area contributed by atoms with E-state index in [1.807, 2.05) is 0 Å². The van der Waals surface area contributed by atoms with E-state index in [0.717, 1.165) is 0 Å². The SMILES string of the molecule is CCOC(=O)OC/C=C/COC(C)=O. The molecule has 0 fully saturated rings. The summed E-state index contributed by atoms with van der Waals surface area (Å²) in [5.41, 5.74) is 0. The normalized spacial score (nSPS) is 9.86. The standard InChI is InChI=1S/C9H14O5/c1-3-12-9(11)14-7-5-4-6-13-8(2)10/h4-5H,3,6-7H2,1-2H3/b5-4+. The van der Waals surface area contributed by atoms with E-state index in [0.29, 0.717) is 0 Å². The van der Waals surface area contributed by atoms with Gasteiger partial charge in [0.1, 0.15) is 13.2 Å². The third-order valence-electron chi connectivity index (χ3n) is 1.11. The fourth-order valence-corrected chi connectivity index (χ4v) is 0.577. The summed E-state index contributed by atoms with van der Waals surface area (Å²) in [7, 11) is 0. The van der Waals surface area contributed by atoms with E-state index in [1.165, 1.54) is 6.92 Å². The van der Waals surface area contributed by atoms with Crippen LogP contribution < -0.4 is 0 Å². The predicted octanol–water partition coefficient (Wildman–Crippen LogP) is 1.28. The summed E-state index contributed by atoms with van der Waals surface area (Å²) in [4.78, 5) is 20.9. The summed E-state index contributed by atoms with van der Waals surface area (Å²) >= 11 is 0. The van der Waals surface area contributed by atoms with Crippen LogP contribution in [0.4, 0.5) is 4.79 Å². The smallest absolute Gasteiger partial charge is 0.462 e. The zero-order valence-corrected chi connectivity index (χ0v) is 8.32. The third kappa shape index (κ3) is 8.58. The molecule has 0 N–H and O–H groups in total. The molecule has 0 saturated carbocycles. The van der Waals surface area contributed by atoms with Crippen molar-refractivity contribution < 1.29 is 23.8 Å². The number of esters is 1. The molecule has 0 atom stereocenters. The van der Waals surface area contributed by atoms with E-state index in [4.69, 9.17) is 0 Å². The number of hydrogen-bond donors (Lipinski definition) is 0. The Morgan fingerprint density at radius 2 is 1.64 bits per heavy atom. The fourth-order valence-electron chi connectivity index (χ4n) is 0.577. The molecule has 0 radical (unpaired) electrons. The van der Waals surface area contributed by atoms with E-state index in [-0.39, 0.29) is 25.8 Å². The number of hydrogen-bond acceptors (Lipinski definition) is 5. The lowest BCUT2D eigenvalue weighted by Gasteiger charge is -2.00. The molecule has 0 rings (SSSR count).